The minimum Gasteiger partial charge on any atom is -0.465 e. The summed E-state index contributed by atoms with van der Waals surface area (Å²) < 4.78 is 0. The number of nitrogens with zero attached hydrogens (tertiary/aromatic N) is 2. The maximum atomic E-state index is 10.7. The summed E-state index contributed by atoms with van der Waals surface area (Å²) in [6.45, 7) is 2.64. The van der Waals surface area contributed by atoms with Crippen molar-refractivity contribution in [2.24, 2.45) is 0 Å². The molecule has 24 heavy (non-hydrogen) atoms. The van der Waals surface area contributed by atoms with E-state index in [1.807, 2.05) is 18.2 Å². The number of pyridine rings is 1. The van der Waals surface area contributed by atoms with Crippen LogP contribution in [0.15, 0.2) is 24.4 Å². The lowest BCUT2D eigenvalue weighted by molar-refractivity contribution is 0.169. The molecule has 0 spiro atoms. The maximum absolute atomic E-state index is 10.7. The van der Waals surface area contributed by atoms with Crippen molar-refractivity contribution in [2.75, 3.05) is 19.6 Å². The van der Waals surface area contributed by atoms with Crippen molar-refractivity contribution in [1.82, 2.24) is 15.2 Å². The van der Waals surface area contributed by atoms with Crippen molar-refractivity contribution < 1.29 is 9.90 Å². The quantitative estimate of drug-likeness (QED) is 0.861. The highest BCUT2D eigenvalue weighted by molar-refractivity contribution is 6.33. The molecule has 1 fully saturated rings. The van der Waals surface area contributed by atoms with Gasteiger partial charge in [0.25, 0.3) is 0 Å². The third-order valence-corrected chi connectivity index (χ3v) is 5.04. The van der Waals surface area contributed by atoms with E-state index in [0.29, 0.717) is 10.0 Å². The van der Waals surface area contributed by atoms with Crippen molar-refractivity contribution in [3.05, 3.63) is 40.0 Å². The predicted octanol–water partition coefficient (Wildman–Crippen LogP) is 3.82. The smallest absolute Gasteiger partial charge is 0.404 e. The molecule has 0 unspecified atom stereocenters. The molecule has 5 nitrogen and oxygen atoms in total. The lowest BCUT2D eigenvalue weighted by Gasteiger charge is -2.31. The number of aromatic nitrogens is 1. The number of hydrogen-bond acceptors (Lipinski definition) is 3. The summed E-state index contributed by atoms with van der Waals surface area (Å²) in [4.78, 5) is 17.4. The van der Waals surface area contributed by atoms with Crippen molar-refractivity contribution in [1.29, 1.82) is 0 Å². The van der Waals surface area contributed by atoms with Gasteiger partial charge in [-0.3, -0.25) is 4.98 Å². The molecule has 1 aliphatic heterocycles. The Labute approximate surface area is 150 Å². The van der Waals surface area contributed by atoms with Gasteiger partial charge in [0.15, 0.2) is 0 Å². The highest BCUT2D eigenvalue weighted by atomic mass is 35.5. The summed E-state index contributed by atoms with van der Waals surface area (Å²) in [6, 6.07) is 5.70. The van der Waals surface area contributed by atoms with E-state index in [-0.39, 0.29) is 6.04 Å². The second-order valence-electron chi connectivity index (χ2n) is 6.06. The van der Waals surface area contributed by atoms with E-state index in [4.69, 9.17) is 28.3 Å². The summed E-state index contributed by atoms with van der Waals surface area (Å²) in [5.41, 5.74) is 1.96. The first kappa shape index (κ1) is 17.3. The predicted molar refractivity (Wildman–Crippen MR) is 96.1 cm³/mol. The van der Waals surface area contributed by atoms with Crippen molar-refractivity contribution in [3.63, 3.8) is 0 Å². The van der Waals surface area contributed by atoms with Crippen LogP contribution in [0.1, 0.15) is 18.4 Å². The van der Waals surface area contributed by atoms with Crippen molar-refractivity contribution >= 4 is 40.2 Å². The summed E-state index contributed by atoms with van der Waals surface area (Å²) in [5, 5.41) is 13.7. The van der Waals surface area contributed by atoms with Crippen LogP contribution in [0.5, 0.6) is 0 Å². The van der Waals surface area contributed by atoms with Crippen LogP contribution in [-0.2, 0) is 6.42 Å². The fourth-order valence-electron chi connectivity index (χ4n) is 3.19. The van der Waals surface area contributed by atoms with Crippen LogP contribution in [0, 0.1) is 0 Å². The average molecular weight is 368 g/mol. The highest BCUT2D eigenvalue weighted by Gasteiger charge is 2.20. The summed E-state index contributed by atoms with van der Waals surface area (Å²) in [6.07, 6.45) is 3.23. The van der Waals surface area contributed by atoms with Gasteiger partial charge in [0, 0.05) is 42.3 Å². The number of piperidine rings is 1. The largest absolute Gasteiger partial charge is 0.465 e. The number of carbonyl (C=O) groups is 1. The molecule has 0 atom stereocenters. The molecule has 7 heteroatoms. The van der Waals surface area contributed by atoms with Gasteiger partial charge in [-0.05, 0) is 43.0 Å². The van der Waals surface area contributed by atoms with Gasteiger partial charge in [-0.1, -0.05) is 23.2 Å². The van der Waals surface area contributed by atoms with Gasteiger partial charge in [0.2, 0.25) is 0 Å². The SMILES string of the molecule is O=C(O)NC1CCN(CCc2c(Cl)cnc3ccc(Cl)cc23)CC1. The second-order valence-corrected chi connectivity index (χ2v) is 6.91. The minimum absolute atomic E-state index is 0.0582. The molecule has 0 bridgehead atoms. The Kier molecular flexibility index (Phi) is 5.43. The molecule has 2 aromatic rings. The molecule has 3 rings (SSSR count). The number of halogens is 2. The molecule has 1 amide bonds. The standard InChI is InChI=1S/C17H19Cl2N3O2/c18-11-1-2-16-14(9-11)13(15(19)10-20-16)5-8-22-6-3-12(4-7-22)21-17(23)24/h1-2,9-10,12,21H,3-8H2,(H,23,24). The highest BCUT2D eigenvalue weighted by Crippen LogP contribution is 2.27. The molecule has 1 saturated heterocycles. The fraction of sp³-hybridized carbons (Fsp3) is 0.412. The van der Waals surface area contributed by atoms with E-state index < -0.39 is 6.09 Å². The van der Waals surface area contributed by atoms with Gasteiger partial charge in [0.05, 0.1) is 10.5 Å². The Balaban J connectivity index is 1.65. The van der Waals surface area contributed by atoms with Gasteiger partial charge in [-0.2, -0.15) is 0 Å². The van der Waals surface area contributed by atoms with Crippen LogP contribution in [0.4, 0.5) is 4.79 Å². The van der Waals surface area contributed by atoms with Crippen LogP contribution in [0.25, 0.3) is 10.9 Å². The van der Waals surface area contributed by atoms with Crippen molar-refractivity contribution in [2.45, 2.75) is 25.3 Å². The van der Waals surface area contributed by atoms with Crippen LogP contribution >= 0.6 is 23.2 Å². The summed E-state index contributed by atoms with van der Waals surface area (Å²) in [7, 11) is 0. The normalized spacial score (nSPS) is 16.4. The number of amides is 1. The van der Waals surface area contributed by atoms with E-state index in [1.165, 1.54) is 0 Å². The summed E-state index contributed by atoms with van der Waals surface area (Å²) in [5.74, 6) is 0. The Morgan fingerprint density at radius 2 is 2.08 bits per heavy atom. The zero-order chi connectivity index (χ0) is 17.1. The zero-order valence-corrected chi connectivity index (χ0v) is 14.6. The first-order chi connectivity index (χ1) is 11.5. The lowest BCUT2D eigenvalue weighted by Crippen LogP contribution is -2.44. The van der Waals surface area contributed by atoms with Crippen molar-refractivity contribution in [3.8, 4) is 0 Å². The first-order valence-electron chi connectivity index (χ1n) is 7.97. The van der Waals surface area contributed by atoms with Crippen LogP contribution in [-0.4, -0.2) is 46.8 Å². The number of carboxylic acid groups (broad SMARTS) is 1. The molecule has 128 valence electrons. The lowest BCUT2D eigenvalue weighted by atomic mass is 10.0. The zero-order valence-electron chi connectivity index (χ0n) is 13.1. The Hall–Kier alpha value is -1.56. The topological polar surface area (TPSA) is 65.5 Å². The molecular formula is C17H19Cl2N3O2. The number of likely N-dealkylation sites (tertiary alicyclic amines) is 1. The maximum Gasteiger partial charge on any atom is 0.404 e. The molecule has 1 aliphatic rings. The Morgan fingerprint density at radius 3 is 2.79 bits per heavy atom. The third kappa shape index (κ3) is 4.09. The van der Waals surface area contributed by atoms with Gasteiger partial charge in [-0.15, -0.1) is 0 Å². The first-order valence-corrected chi connectivity index (χ1v) is 8.73. The van der Waals surface area contributed by atoms with Crippen LogP contribution < -0.4 is 5.32 Å². The average Bonchev–Trinajstić information content (AvgIpc) is 2.55. The van der Waals surface area contributed by atoms with Gasteiger partial charge >= 0.3 is 6.09 Å². The molecule has 2 N–H and O–H groups in total. The fourth-order valence-corrected chi connectivity index (χ4v) is 3.61. The molecule has 1 aromatic heterocycles. The third-order valence-electron chi connectivity index (χ3n) is 4.48. The van der Waals surface area contributed by atoms with Crippen LogP contribution in [0.2, 0.25) is 10.0 Å². The van der Waals surface area contributed by atoms with Gasteiger partial charge in [0.1, 0.15) is 0 Å². The molecule has 2 heterocycles. The molecule has 1 aromatic carbocycles. The van der Waals surface area contributed by atoms with E-state index in [2.05, 4.69) is 15.2 Å². The monoisotopic (exact) mass is 367 g/mol. The van der Waals surface area contributed by atoms with E-state index >= 15 is 0 Å². The second kappa shape index (κ2) is 7.55. The Morgan fingerprint density at radius 1 is 1.33 bits per heavy atom. The minimum atomic E-state index is -0.944. The molecule has 0 aliphatic carbocycles. The van der Waals surface area contributed by atoms with Gasteiger partial charge < -0.3 is 15.3 Å². The van der Waals surface area contributed by atoms with E-state index in [1.54, 1.807) is 6.20 Å². The molecule has 0 saturated carbocycles. The van der Waals surface area contributed by atoms with E-state index in [0.717, 1.165) is 55.4 Å². The number of benzene rings is 1. The number of rotatable bonds is 4. The van der Waals surface area contributed by atoms with E-state index in [9.17, 15) is 4.79 Å². The number of nitrogens with one attached hydrogen (secondary N) is 1. The Bertz CT molecular complexity index is 741. The molecule has 0 radical (unpaired) electrons. The van der Waals surface area contributed by atoms with Gasteiger partial charge in [-0.25, -0.2) is 4.79 Å². The van der Waals surface area contributed by atoms with Crippen LogP contribution in [0.3, 0.4) is 0 Å². The molecular weight excluding hydrogens is 349 g/mol. The number of hydrogen-bond donors (Lipinski definition) is 2. The number of fused-ring (bicyclic) bond motifs is 1. The summed E-state index contributed by atoms with van der Waals surface area (Å²) >= 11 is 12.5.